The summed E-state index contributed by atoms with van der Waals surface area (Å²) in [6, 6.07) is 13.2. The second kappa shape index (κ2) is 6.41. The fourth-order valence-corrected chi connectivity index (χ4v) is 2.37. The van der Waals surface area contributed by atoms with Gasteiger partial charge in [0.15, 0.2) is 0 Å². The van der Waals surface area contributed by atoms with Crippen molar-refractivity contribution in [2.24, 2.45) is 0 Å². The van der Waals surface area contributed by atoms with E-state index in [4.69, 9.17) is 11.6 Å². The zero-order chi connectivity index (χ0) is 16.3. The van der Waals surface area contributed by atoms with Gasteiger partial charge in [-0.3, -0.25) is 15.6 Å². The van der Waals surface area contributed by atoms with Gasteiger partial charge in [0.05, 0.1) is 10.7 Å². The van der Waals surface area contributed by atoms with Crippen LogP contribution in [0.15, 0.2) is 42.5 Å². The van der Waals surface area contributed by atoms with Crippen molar-refractivity contribution in [1.29, 1.82) is 0 Å². The number of aryl methyl sites for hydroxylation is 1. The molecule has 0 radical (unpaired) electrons. The number of rotatable bonds is 3. The van der Waals surface area contributed by atoms with Crippen LogP contribution < -0.4 is 10.9 Å². The van der Waals surface area contributed by atoms with Crippen LogP contribution >= 0.6 is 11.6 Å². The lowest BCUT2D eigenvalue weighted by Gasteiger charge is -2.19. The fraction of sp³-hybridized carbons (Fsp3) is 0.278. The minimum atomic E-state index is -0.195. The number of halogens is 1. The molecule has 0 fully saturated rings. The second-order valence-corrected chi connectivity index (χ2v) is 6.75. The van der Waals surface area contributed by atoms with E-state index >= 15 is 0 Å². The van der Waals surface area contributed by atoms with Crippen LogP contribution in [0.5, 0.6) is 0 Å². The van der Waals surface area contributed by atoms with Crippen LogP contribution in [0, 0.1) is 6.92 Å². The van der Waals surface area contributed by atoms with Crippen molar-refractivity contribution in [1.82, 2.24) is 5.43 Å². The highest BCUT2D eigenvalue weighted by atomic mass is 35.5. The molecule has 2 N–H and O–H groups in total. The Morgan fingerprint density at radius 1 is 1.05 bits per heavy atom. The van der Waals surface area contributed by atoms with E-state index in [2.05, 4.69) is 31.6 Å². The molecule has 1 amide bonds. The Balaban J connectivity index is 2.07. The summed E-state index contributed by atoms with van der Waals surface area (Å²) in [5.74, 6) is -0.195. The van der Waals surface area contributed by atoms with Crippen LogP contribution in [0.3, 0.4) is 0 Å². The van der Waals surface area contributed by atoms with Gasteiger partial charge < -0.3 is 0 Å². The van der Waals surface area contributed by atoms with Gasteiger partial charge in [-0.1, -0.05) is 56.6 Å². The van der Waals surface area contributed by atoms with E-state index in [1.54, 1.807) is 6.07 Å². The molecule has 3 nitrogen and oxygen atoms in total. The van der Waals surface area contributed by atoms with Crippen LogP contribution in [0.2, 0.25) is 5.02 Å². The van der Waals surface area contributed by atoms with Crippen molar-refractivity contribution in [3.63, 3.8) is 0 Å². The van der Waals surface area contributed by atoms with Crippen molar-refractivity contribution in [2.75, 3.05) is 5.43 Å². The molecule has 0 saturated heterocycles. The fourth-order valence-electron chi connectivity index (χ4n) is 2.10. The number of hydrogen-bond donors (Lipinski definition) is 2. The lowest BCUT2D eigenvalue weighted by atomic mass is 9.87. The van der Waals surface area contributed by atoms with Gasteiger partial charge in [0.1, 0.15) is 0 Å². The predicted molar refractivity (Wildman–Crippen MR) is 92.4 cm³/mol. The van der Waals surface area contributed by atoms with Crippen LogP contribution in [0.1, 0.15) is 42.3 Å². The predicted octanol–water partition coefficient (Wildman–Crippen LogP) is 4.70. The van der Waals surface area contributed by atoms with Gasteiger partial charge in [-0.15, -0.1) is 0 Å². The first-order valence-electron chi connectivity index (χ1n) is 7.21. The summed E-state index contributed by atoms with van der Waals surface area (Å²) in [7, 11) is 0. The SMILES string of the molecule is Cc1cccc(Cl)c1NNC(=O)c1ccc(C(C)(C)C)cc1. The summed E-state index contributed by atoms with van der Waals surface area (Å²) >= 11 is 6.12. The number of nitrogens with one attached hydrogen (secondary N) is 2. The number of amides is 1. The number of benzene rings is 2. The molecule has 0 aliphatic heterocycles. The van der Waals surface area contributed by atoms with Crippen LogP contribution in [0.25, 0.3) is 0 Å². The van der Waals surface area contributed by atoms with E-state index in [1.807, 2.05) is 43.3 Å². The summed E-state index contributed by atoms with van der Waals surface area (Å²) in [5, 5.41) is 0.573. The topological polar surface area (TPSA) is 41.1 Å². The molecule has 0 aliphatic carbocycles. The van der Waals surface area contributed by atoms with Gasteiger partial charge in [0.2, 0.25) is 0 Å². The third kappa shape index (κ3) is 3.80. The zero-order valence-electron chi connectivity index (χ0n) is 13.3. The number of hydrogen-bond acceptors (Lipinski definition) is 2. The summed E-state index contributed by atoms with van der Waals surface area (Å²) in [6.07, 6.45) is 0. The number of hydrazine groups is 1. The van der Waals surface area contributed by atoms with Crippen molar-refractivity contribution in [2.45, 2.75) is 33.1 Å². The molecule has 0 unspecified atom stereocenters. The molecule has 0 bridgehead atoms. The summed E-state index contributed by atoms with van der Waals surface area (Å²) in [4.78, 5) is 12.2. The van der Waals surface area contributed by atoms with E-state index in [1.165, 1.54) is 5.56 Å². The second-order valence-electron chi connectivity index (χ2n) is 6.34. The van der Waals surface area contributed by atoms with Crippen molar-refractivity contribution in [3.8, 4) is 0 Å². The van der Waals surface area contributed by atoms with E-state index in [0.29, 0.717) is 16.3 Å². The van der Waals surface area contributed by atoms with Crippen molar-refractivity contribution >= 4 is 23.2 Å². The molecule has 0 aromatic heterocycles. The average molecular weight is 317 g/mol. The molecular formula is C18H21ClN2O. The molecule has 0 heterocycles. The molecule has 0 aliphatic rings. The molecule has 4 heteroatoms. The lowest BCUT2D eigenvalue weighted by Crippen LogP contribution is -2.30. The van der Waals surface area contributed by atoms with E-state index in [0.717, 1.165) is 5.56 Å². The number of carbonyl (C=O) groups is 1. The standard InChI is InChI=1S/C18H21ClN2O/c1-12-6-5-7-15(19)16(12)20-21-17(22)13-8-10-14(11-9-13)18(2,3)4/h5-11,20H,1-4H3,(H,21,22). The first-order chi connectivity index (χ1) is 10.3. The quantitative estimate of drug-likeness (QED) is 0.806. The Kier molecular flexibility index (Phi) is 4.77. The highest BCUT2D eigenvalue weighted by molar-refractivity contribution is 6.33. The molecule has 2 aromatic rings. The molecular weight excluding hydrogens is 296 g/mol. The zero-order valence-corrected chi connectivity index (χ0v) is 14.1. The first kappa shape index (κ1) is 16.4. The monoisotopic (exact) mass is 316 g/mol. The third-order valence-corrected chi connectivity index (χ3v) is 3.85. The van der Waals surface area contributed by atoms with Gasteiger partial charge >= 0.3 is 0 Å². The minimum absolute atomic E-state index is 0.0714. The largest absolute Gasteiger partial charge is 0.297 e. The summed E-state index contributed by atoms with van der Waals surface area (Å²) in [5.41, 5.74) is 9.12. The maximum absolute atomic E-state index is 12.2. The number of anilines is 1. The Hall–Kier alpha value is -2.00. The average Bonchev–Trinajstić information content (AvgIpc) is 2.46. The highest BCUT2D eigenvalue weighted by Crippen LogP contribution is 2.25. The smallest absolute Gasteiger partial charge is 0.269 e. The van der Waals surface area contributed by atoms with Crippen molar-refractivity contribution < 1.29 is 4.79 Å². The Morgan fingerprint density at radius 2 is 1.68 bits per heavy atom. The van der Waals surface area contributed by atoms with Crippen molar-refractivity contribution in [3.05, 3.63) is 64.2 Å². The first-order valence-corrected chi connectivity index (χ1v) is 7.59. The Bertz CT molecular complexity index is 652. The van der Waals surface area contributed by atoms with Crippen LogP contribution in [0.4, 0.5) is 5.69 Å². The molecule has 0 spiro atoms. The van der Waals surface area contributed by atoms with E-state index < -0.39 is 0 Å². The molecule has 2 aromatic carbocycles. The highest BCUT2D eigenvalue weighted by Gasteiger charge is 2.14. The summed E-state index contributed by atoms with van der Waals surface area (Å²) < 4.78 is 0. The molecule has 22 heavy (non-hydrogen) atoms. The maximum Gasteiger partial charge on any atom is 0.269 e. The molecule has 0 saturated carbocycles. The van der Waals surface area contributed by atoms with Gasteiger partial charge in [-0.05, 0) is 41.7 Å². The molecule has 2 rings (SSSR count). The van der Waals surface area contributed by atoms with Gasteiger partial charge in [-0.2, -0.15) is 0 Å². The van der Waals surface area contributed by atoms with Crippen LogP contribution in [-0.4, -0.2) is 5.91 Å². The van der Waals surface area contributed by atoms with E-state index in [9.17, 15) is 4.79 Å². The summed E-state index contributed by atoms with van der Waals surface area (Å²) in [6.45, 7) is 8.36. The van der Waals surface area contributed by atoms with Gasteiger partial charge in [-0.25, -0.2) is 0 Å². The molecule has 116 valence electrons. The number of para-hydroxylation sites is 1. The lowest BCUT2D eigenvalue weighted by molar-refractivity contribution is 0.0962. The van der Waals surface area contributed by atoms with Gasteiger partial charge in [0, 0.05) is 5.56 Å². The minimum Gasteiger partial charge on any atom is -0.297 e. The van der Waals surface area contributed by atoms with Crippen LogP contribution in [-0.2, 0) is 5.41 Å². The van der Waals surface area contributed by atoms with E-state index in [-0.39, 0.29) is 11.3 Å². The normalized spacial score (nSPS) is 11.1. The Morgan fingerprint density at radius 3 is 2.23 bits per heavy atom. The maximum atomic E-state index is 12.2. The third-order valence-electron chi connectivity index (χ3n) is 3.54. The number of carbonyl (C=O) groups excluding carboxylic acids is 1. The Labute approximate surface area is 136 Å². The molecule has 0 atom stereocenters. The van der Waals surface area contributed by atoms with Gasteiger partial charge in [0.25, 0.3) is 5.91 Å².